The first-order valence-electron chi connectivity index (χ1n) is 6.83. The molecule has 0 spiro atoms. The Morgan fingerprint density at radius 2 is 1.85 bits per heavy atom. The van der Waals surface area contributed by atoms with Gasteiger partial charge in [-0.2, -0.15) is 0 Å². The van der Waals surface area contributed by atoms with Crippen LogP contribution >= 0.6 is 0 Å². The minimum absolute atomic E-state index is 0.0905. The van der Waals surface area contributed by atoms with Crippen LogP contribution < -0.4 is 5.32 Å². The van der Waals surface area contributed by atoms with Crippen molar-refractivity contribution in [1.29, 1.82) is 0 Å². The highest BCUT2D eigenvalue weighted by atomic mass is 19.1. The Labute approximate surface area is 118 Å². The van der Waals surface area contributed by atoms with Crippen molar-refractivity contribution < 1.29 is 19.1 Å². The fourth-order valence-electron chi connectivity index (χ4n) is 2.11. The number of halogens is 1. The zero-order valence-corrected chi connectivity index (χ0v) is 11.8. The number of carboxylic acids is 1. The van der Waals surface area contributed by atoms with Crippen LogP contribution in [-0.4, -0.2) is 17.0 Å². The molecule has 0 aliphatic rings. The lowest BCUT2D eigenvalue weighted by molar-refractivity contribution is -0.120. The van der Waals surface area contributed by atoms with Gasteiger partial charge in [0.1, 0.15) is 5.82 Å². The minimum Gasteiger partial charge on any atom is -0.478 e. The van der Waals surface area contributed by atoms with Gasteiger partial charge in [0.2, 0.25) is 5.91 Å². The molecule has 0 saturated carbocycles. The molecule has 0 atom stereocenters. The Balaban J connectivity index is 2.79. The van der Waals surface area contributed by atoms with Gasteiger partial charge in [0.15, 0.2) is 0 Å². The lowest BCUT2D eigenvalue weighted by Crippen LogP contribution is -2.22. The second-order valence-corrected chi connectivity index (χ2v) is 4.76. The number of carbonyl (C=O) groups is 2. The quantitative estimate of drug-likeness (QED) is 0.801. The van der Waals surface area contributed by atoms with Crippen molar-refractivity contribution in [3.63, 3.8) is 0 Å². The predicted molar refractivity (Wildman–Crippen MR) is 75.3 cm³/mol. The van der Waals surface area contributed by atoms with Gasteiger partial charge in [0, 0.05) is 11.6 Å². The van der Waals surface area contributed by atoms with Crippen LogP contribution in [0.2, 0.25) is 0 Å². The van der Waals surface area contributed by atoms with Gasteiger partial charge >= 0.3 is 5.97 Å². The summed E-state index contributed by atoms with van der Waals surface area (Å²) in [6.45, 7) is 4.02. The van der Waals surface area contributed by atoms with Crippen molar-refractivity contribution in [3.05, 3.63) is 29.6 Å². The number of carbonyl (C=O) groups excluding carboxylic acids is 1. The fourth-order valence-corrected chi connectivity index (χ4v) is 2.11. The third-order valence-corrected chi connectivity index (χ3v) is 3.11. The third-order valence-electron chi connectivity index (χ3n) is 3.11. The van der Waals surface area contributed by atoms with Gasteiger partial charge in [0.25, 0.3) is 0 Å². The summed E-state index contributed by atoms with van der Waals surface area (Å²) in [5.74, 6) is -2.41. The number of carboxylic acid groups (broad SMARTS) is 1. The van der Waals surface area contributed by atoms with Crippen molar-refractivity contribution in [1.82, 2.24) is 0 Å². The maximum absolute atomic E-state index is 13.5. The minimum atomic E-state index is -1.32. The fraction of sp³-hybridized carbons (Fsp3) is 0.467. The molecule has 1 aromatic carbocycles. The molecular weight excluding hydrogens is 261 g/mol. The van der Waals surface area contributed by atoms with Gasteiger partial charge in [-0.1, -0.05) is 26.7 Å². The van der Waals surface area contributed by atoms with Gasteiger partial charge < -0.3 is 10.4 Å². The third kappa shape index (κ3) is 4.33. The van der Waals surface area contributed by atoms with E-state index in [2.05, 4.69) is 5.32 Å². The van der Waals surface area contributed by atoms with Crippen LogP contribution in [0.15, 0.2) is 18.2 Å². The first kappa shape index (κ1) is 16.1. The molecule has 1 aromatic rings. The molecular formula is C15H20FNO3. The highest BCUT2D eigenvalue weighted by Crippen LogP contribution is 2.19. The number of amides is 1. The van der Waals surface area contributed by atoms with E-state index in [1.165, 1.54) is 6.07 Å². The second kappa shape index (κ2) is 7.62. The van der Waals surface area contributed by atoms with Crippen molar-refractivity contribution in [2.45, 2.75) is 39.5 Å². The van der Waals surface area contributed by atoms with Crippen molar-refractivity contribution in [3.8, 4) is 0 Å². The highest BCUT2D eigenvalue weighted by molar-refractivity contribution is 5.93. The van der Waals surface area contributed by atoms with Gasteiger partial charge in [-0.25, -0.2) is 9.18 Å². The van der Waals surface area contributed by atoms with E-state index in [1.807, 2.05) is 13.8 Å². The Bertz CT molecular complexity index is 482. The maximum atomic E-state index is 13.5. The second-order valence-electron chi connectivity index (χ2n) is 4.76. The summed E-state index contributed by atoms with van der Waals surface area (Å²) >= 11 is 0. The smallest absolute Gasteiger partial charge is 0.338 e. The van der Waals surface area contributed by atoms with E-state index in [-0.39, 0.29) is 17.5 Å². The predicted octanol–water partition coefficient (Wildman–Crippen LogP) is 3.68. The Morgan fingerprint density at radius 1 is 1.25 bits per heavy atom. The number of rotatable bonds is 7. The Kier molecular flexibility index (Phi) is 6.15. The summed E-state index contributed by atoms with van der Waals surface area (Å²) in [7, 11) is 0. The molecule has 0 radical (unpaired) electrons. The van der Waals surface area contributed by atoms with Crippen molar-refractivity contribution in [2.24, 2.45) is 5.92 Å². The first-order valence-corrected chi connectivity index (χ1v) is 6.83. The van der Waals surface area contributed by atoms with Gasteiger partial charge in [-0.3, -0.25) is 4.79 Å². The van der Waals surface area contributed by atoms with Crippen LogP contribution in [0.25, 0.3) is 0 Å². The molecule has 0 aliphatic carbocycles. The van der Waals surface area contributed by atoms with E-state index in [4.69, 9.17) is 5.11 Å². The van der Waals surface area contributed by atoms with Gasteiger partial charge in [0.05, 0.1) is 5.56 Å². The Hall–Kier alpha value is -1.91. The number of hydrogen-bond donors (Lipinski definition) is 2. The van der Waals surface area contributed by atoms with Crippen LogP contribution in [0.4, 0.5) is 10.1 Å². The average molecular weight is 281 g/mol. The van der Waals surface area contributed by atoms with E-state index in [9.17, 15) is 14.0 Å². The molecule has 0 fully saturated rings. The van der Waals surface area contributed by atoms with Gasteiger partial charge in [-0.15, -0.1) is 0 Å². The summed E-state index contributed by atoms with van der Waals surface area (Å²) in [6, 6.07) is 3.59. The molecule has 0 heterocycles. The van der Waals surface area contributed by atoms with Gasteiger partial charge in [-0.05, 0) is 31.0 Å². The number of aromatic carboxylic acids is 1. The average Bonchev–Trinajstić information content (AvgIpc) is 2.38. The number of nitrogens with one attached hydrogen (secondary N) is 1. The SMILES string of the molecule is CCCC(CCC)C(=O)Nc1ccc(C(=O)O)c(F)c1. The highest BCUT2D eigenvalue weighted by Gasteiger charge is 2.17. The van der Waals surface area contributed by atoms with E-state index in [0.29, 0.717) is 0 Å². The molecule has 0 saturated heterocycles. The maximum Gasteiger partial charge on any atom is 0.338 e. The number of hydrogen-bond acceptors (Lipinski definition) is 2. The molecule has 0 bridgehead atoms. The molecule has 4 nitrogen and oxygen atoms in total. The summed E-state index contributed by atoms with van der Waals surface area (Å²) < 4.78 is 13.5. The molecule has 20 heavy (non-hydrogen) atoms. The molecule has 110 valence electrons. The lowest BCUT2D eigenvalue weighted by Gasteiger charge is -2.15. The first-order chi connectivity index (χ1) is 9.49. The summed E-state index contributed by atoms with van der Waals surface area (Å²) in [5, 5.41) is 11.4. The molecule has 1 amide bonds. The van der Waals surface area contributed by atoms with E-state index in [1.54, 1.807) is 0 Å². The number of anilines is 1. The molecule has 5 heteroatoms. The molecule has 2 N–H and O–H groups in total. The molecule has 0 unspecified atom stereocenters. The largest absolute Gasteiger partial charge is 0.478 e. The van der Waals surface area contributed by atoms with Crippen LogP contribution in [0.3, 0.4) is 0 Å². The Morgan fingerprint density at radius 3 is 2.30 bits per heavy atom. The summed E-state index contributed by atoms with van der Waals surface area (Å²) in [6.07, 6.45) is 3.39. The van der Waals surface area contributed by atoms with Crippen LogP contribution in [-0.2, 0) is 4.79 Å². The van der Waals surface area contributed by atoms with Crippen molar-refractivity contribution in [2.75, 3.05) is 5.32 Å². The van der Waals surface area contributed by atoms with Crippen LogP contribution in [0.5, 0.6) is 0 Å². The van der Waals surface area contributed by atoms with E-state index >= 15 is 0 Å². The summed E-state index contributed by atoms with van der Waals surface area (Å²) in [5.41, 5.74) is -0.114. The molecule has 1 rings (SSSR count). The molecule has 0 aliphatic heterocycles. The molecule has 0 aromatic heterocycles. The zero-order valence-electron chi connectivity index (χ0n) is 11.8. The number of benzene rings is 1. The standard InChI is InChI=1S/C15H20FNO3/c1-3-5-10(6-4-2)14(18)17-11-7-8-12(15(19)20)13(16)9-11/h7-10H,3-6H2,1-2H3,(H,17,18)(H,19,20). The normalized spacial score (nSPS) is 10.6. The van der Waals surface area contributed by atoms with Crippen molar-refractivity contribution >= 4 is 17.6 Å². The monoisotopic (exact) mass is 281 g/mol. The topological polar surface area (TPSA) is 66.4 Å². The van der Waals surface area contributed by atoms with Crippen LogP contribution in [0.1, 0.15) is 49.9 Å². The summed E-state index contributed by atoms with van der Waals surface area (Å²) in [4.78, 5) is 22.8. The lowest BCUT2D eigenvalue weighted by atomic mass is 9.97. The van der Waals surface area contributed by atoms with Crippen LogP contribution in [0, 0.1) is 11.7 Å². The van der Waals surface area contributed by atoms with E-state index in [0.717, 1.165) is 37.8 Å². The zero-order chi connectivity index (χ0) is 15.1. The van der Waals surface area contributed by atoms with E-state index < -0.39 is 17.3 Å².